The van der Waals surface area contributed by atoms with Crippen molar-refractivity contribution in [2.75, 3.05) is 19.8 Å². The van der Waals surface area contributed by atoms with Gasteiger partial charge in [-0.25, -0.2) is 4.99 Å². The molecule has 1 aromatic rings. The van der Waals surface area contributed by atoms with Crippen molar-refractivity contribution < 1.29 is 4.74 Å². The lowest BCUT2D eigenvalue weighted by Gasteiger charge is -2.05. The summed E-state index contributed by atoms with van der Waals surface area (Å²) in [5, 5.41) is 7.10. The standard InChI is InChI=1S/C11H21N5O/c1-3-17-6-4-5-13-11(12)14-7-10-8-15-16(2)9-10/h8-9H,3-7H2,1-2H3,(H3,12,13,14). The highest BCUT2D eigenvalue weighted by Crippen LogP contribution is 1.97. The second kappa shape index (κ2) is 7.67. The first-order valence-electron chi connectivity index (χ1n) is 5.81. The molecule has 1 aromatic heterocycles. The molecule has 6 nitrogen and oxygen atoms in total. The number of aryl methyl sites for hydroxylation is 1. The van der Waals surface area contributed by atoms with Gasteiger partial charge in [-0.1, -0.05) is 0 Å². The van der Waals surface area contributed by atoms with Crippen LogP contribution < -0.4 is 11.1 Å². The number of aliphatic imine (C=N–C) groups is 1. The highest BCUT2D eigenvalue weighted by atomic mass is 16.5. The molecule has 0 saturated carbocycles. The lowest BCUT2D eigenvalue weighted by Crippen LogP contribution is -2.32. The molecule has 0 amide bonds. The van der Waals surface area contributed by atoms with Crippen molar-refractivity contribution in [3.05, 3.63) is 18.0 Å². The fourth-order valence-electron chi connectivity index (χ4n) is 1.32. The minimum Gasteiger partial charge on any atom is -0.382 e. The first-order valence-corrected chi connectivity index (χ1v) is 5.81. The Kier molecular flexibility index (Phi) is 6.09. The van der Waals surface area contributed by atoms with Gasteiger partial charge in [-0.05, 0) is 13.3 Å². The molecule has 0 aliphatic rings. The Labute approximate surface area is 102 Å². The van der Waals surface area contributed by atoms with Crippen LogP contribution in [0, 0.1) is 0 Å². The minimum atomic E-state index is 0.463. The Morgan fingerprint density at radius 2 is 2.47 bits per heavy atom. The number of aromatic nitrogens is 2. The number of rotatable bonds is 7. The summed E-state index contributed by atoms with van der Waals surface area (Å²) in [6.07, 6.45) is 4.63. The highest BCUT2D eigenvalue weighted by Gasteiger charge is 1.95. The molecule has 0 aromatic carbocycles. The average molecular weight is 239 g/mol. The molecule has 17 heavy (non-hydrogen) atoms. The summed E-state index contributed by atoms with van der Waals surface area (Å²) in [4.78, 5) is 4.21. The number of nitrogens with one attached hydrogen (secondary N) is 1. The van der Waals surface area contributed by atoms with Crippen molar-refractivity contribution >= 4 is 5.96 Å². The van der Waals surface area contributed by atoms with E-state index in [1.807, 2.05) is 20.2 Å². The van der Waals surface area contributed by atoms with E-state index in [9.17, 15) is 0 Å². The monoisotopic (exact) mass is 239 g/mol. The van der Waals surface area contributed by atoms with Gasteiger partial charge in [-0.2, -0.15) is 5.10 Å². The van der Waals surface area contributed by atoms with E-state index in [1.54, 1.807) is 10.9 Å². The van der Waals surface area contributed by atoms with E-state index < -0.39 is 0 Å². The summed E-state index contributed by atoms with van der Waals surface area (Å²) >= 11 is 0. The maximum Gasteiger partial charge on any atom is 0.188 e. The fourth-order valence-corrected chi connectivity index (χ4v) is 1.32. The van der Waals surface area contributed by atoms with Crippen LogP contribution in [0.2, 0.25) is 0 Å². The van der Waals surface area contributed by atoms with Gasteiger partial charge in [-0.15, -0.1) is 0 Å². The van der Waals surface area contributed by atoms with Crippen molar-refractivity contribution in [1.29, 1.82) is 0 Å². The summed E-state index contributed by atoms with van der Waals surface area (Å²) in [7, 11) is 1.88. The first-order chi connectivity index (χ1) is 8.22. The predicted octanol–water partition coefficient (Wildman–Crippen LogP) is 0.251. The van der Waals surface area contributed by atoms with Gasteiger partial charge in [0.2, 0.25) is 0 Å². The van der Waals surface area contributed by atoms with Crippen LogP contribution in [0.4, 0.5) is 0 Å². The molecule has 1 heterocycles. The molecule has 3 N–H and O–H groups in total. The van der Waals surface area contributed by atoms with Crippen LogP contribution in [0.3, 0.4) is 0 Å². The van der Waals surface area contributed by atoms with Crippen LogP contribution >= 0.6 is 0 Å². The zero-order valence-electron chi connectivity index (χ0n) is 10.5. The third-order valence-corrected chi connectivity index (χ3v) is 2.17. The molecule has 0 aliphatic heterocycles. The summed E-state index contributed by atoms with van der Waals surface area (Å²) in [5.74, 6) is 0.463. The SMILES string of the molecule is CCOCCCNC(N)=NCc1cnn(C)c1. The third kappa shape index (κ3) is 5.91. The number of hydrogen-bond donors (Lipinski definition) is 2. The quantitative estimate of drug-likeness (QED) is 0.406. The molecule has 0 fully saturated rings. The average Bonchev–Trinajstić information content (AvgIpc) is 2.72. The van der Waals surface area contributed by atoms with E-state index in [-0.39, 0.29) is 0 Å². The Morgan fingerprint density at radius 1 is 1.65 bits per heavy atom. The van der Waals surface area contributed by atoms with Crippen molar-refractivity contribution in [1.82, 2.24) is 15.1 Å². The van der Waals surface area contributed by atoms with E-state index in [0.29, 0.717) is 12.5 Å². The maximum absolute atomic E-state index is 5.71. The summed E-state index contributed by atoms with van der Waals surface area (Å²) in [5.41, 5.74) is 6.76. The molecule has 0 atom stereocenters. The van der Waals surface area contributed by atoms with Crippen LogP contribution in [-0.2, 0) is 18.3 Å². The van der Waals surface area contributed by atoms with Gasteiger partial charge in [0.15, 0.2) is 5.96 Å². The minimum absolute atomic E-state index is 0.463. The Bertz CT molecular complexity index is 347. The number of ether oxygens (including phenoxy) is 1. The molecular formula is C11H21N5O. The van der Waals surface area contributed by atoms with Crippen molar-refractivity contribution in [3.8, 4) is 0 Å². The molecule has 0 aliphatic carbocycles. The topological polar surface area (TPSA) is 77.5 Å². The van der Waals surface area contributed by atoms with Gasteiger partial charge in [0.25, 0.3) is 0 Å². The smallest absolute Gasteiger partial charge is 0.188 e. The zero-order valence-corrected chi connectivity index (χ0v) is 10.5. The Morgan fingerprint density at radius 3 is 3.12 bits per heavy atom. The van der Waals surface area contributed by atoms with Crippen LogP contribution in [0.1, 0.15) is 18.9 Å². The molecule has 96 valence electrons. The normalized spacial score (nSPS) is 11.8. The maximum atomic E-state index is 5.71. The van der Waals surface area contributed by atoms with Gasteiger partial charge >= 0.3 is 0 Å². The van der Waals surface area contributed by atoms with E-state index >= 15 is 0 Å². The fraction of sp³-hybridized carbons (Fsp3) is 0.636. The van der Waals surface area contributed by atoms with E-state index in [0.717, 1.165) is 31.7 Å². The largest absolute Gasteiger partial charge is 0.382 e. The lowest BCUT2D eigenvalue weighted by molar-refractivity contribution is 0.145. The molecule has 0 radical (unpaired) electrons. The summed E-state index contributed by atoms with van der Waals surface area (Å²) in [6, 6.07) is 0. The van der Waals surface area contributed by atoms with Gasteiger partial charge in [-0.3, -0.25) is 4.68 Å². The van der Waals surface area contributed by atoms with Crippen LogP contribution in [0.25, 0.3) is 0 Å². The number of hydrogen-bond acceptors (Lipinski definition) is 3. The van der Waals surface area contributed by atoms with Gasteiger partial charge in [0, 0.05) is 38.6 Å². The Balaban J connectivity index is 2.16. The number of nitrogens with two attached hydrogens (primary N) is 1. The number of guanidine groups is 1. The van der Waals surface area contributed by atoms with Crippen molar-refractivity contribution in [3.63, 3.8) is 0 Å². The third-order valence-electron chi connectivity index (χ3n) is 2.17. The molecule has 1 rings (SSSR count). The van der Waals surface area contributed by atoms with E-state index in [4.69, 9.17) is 10.5 Å². The van der Waals surface area contributed by atoms with E-state index in [1.165, 1.54) is 0 Å². The zero-order chi connectivity index (χ0) is 12.5. The second-order valence-electron chi connectivity index (χ2n) is 3.70. The predicted molar refractivity (Wildman–Crippen MR) is 67.6 cm³/mol. The first kappa shape index (κ1) is 13.5. The van der Waals surface area contributed by atoms with Crippen LogP contribution in [-0.4, -0.2) is 35.5 Å². The molecule has 0 spiro atoms. The molecule has 0 saturated heterocycles. The van der Waals surface area contributed by atoms with Crippen molar-refractivity contribution in [2.24, 2.45) is 17.8 Å². The van der Waals surface area contributed by atoms with E-state index in [2.05, 4.69) is 15.4 Å². The Hall–Kier alpha value is -1.56. The molecular weight excluding hydrogens is 218 g/mol. The van der Waals surface area contributed by atoms with Crippen LogP contribution in [0.5, 0.6) is 0 Å². The lowest BCUT2D eigenvalue weighted by atomic mass is 10.4. The van der Waals surface area contributed by atoms with Crippen molar-refractivity contribution in [2.45, 2.75) is 19.9 Å². The van der Waals surface area contributed by atoms with Gasteiger partial charge < -0.3 is 15.8 Å². The summed E-state index contributed by atoms with van der Waals surface area (Å²) in [6.45, 7) is 4.82. The highest BCUT2D eigenvalue weighted by molar-refractivity contribution is 5.77. The second-order valence-corrected chi connectivity index (χ2v) is 3.70. The molecule has 0 bridgehead atoms. The number of nitrogens with zero attached hydrogens (tertiary/aromatic N) is 3. The summed E-state index contributed by atoms with van der Waals surface area (Å²) < 4.78 is 6.96. The molecule has 0 unspecified atom stereocenters. The van der Waals surface area contributed by atoms with Gasteiger partial charge in [0.1, 0.15) is 0 Å². The van der Waals surface area contributed by atoms with Crippen LogP contribution in [0.15, 0.2) is 17.4 Å². The van der Waals surface area contributed by atoms with Gasteiger partial charge in [0.05, 0.1) is 12.7 Å². The molecule has 6 heteroatoms.